The lowest BCUT2D eigenvalue weighted by Gasteiger charge is -2.15. The first-order valence-corrected chi connectivity index (χ1v) is 9.65. The van der Waals surface area contributed by atoms with Gasteiger partial charge < -0.3 is 5.32 Å². The van der Waals surface area contributed by atoms with Crippen LogP contribution in [0.25, 0.3) is 11.1 Å². The second-order valence-corrected chi connectivity index (χ2v) is 8.00. The molecule has 2 aromatic rings. The molecule has 0 aliphatic carbocycles. The van der Waals surface area contributed by atoms with Gasteiger partial charge in [-0.3, -0.25) is 4.55 Å². The molecule has 0 bridgehead atoms. The first-order valence-electron chi connectivity index (χ1n) is 8.04. The zero-order chi connectivity index (χ0) is 17.9. The molecule has 0 aliphatic rings. The predicted octanol–water partition coefficient (Wildman–Crippen LogP) is 4.28. The van der Waals surface area contributed by atoms with E-state index in [2.05, 4.69) is 49.5 Å². The van der Waals surface area contributed by atoms with Crippen LogP contribution in [0.4, 0.5) is 5.69 Å². The fourth-order valence-corrected chi connectivity index (χ4v) is 3.53. The number of hydrogen-bond donors (Lipinski definition) is 2. The summed E-state index contributed by atoms with van der Waals surface area (Å²) < 4.78 is 30.3. The summed E-state index contributed by atoms with van der Waals surface area (Å²) >= 11 is 0. The average Bonchev–Trinajstić information content (AvgIpc) is 2.43. The van der Waals surface area contributed by atoms with E-state index in [0.29, 0.717) is 13.0 Å². The normalized spacial score (nSPS) is 11.5. The average molecular weight is 347 g/mol. The molecular weight excluding hydrogens is 322 g/mol. The second-order valence-electron chi connectivity index (χ2n) is 6.43. The summed E-state index contributed by atoms with van der Waals surface area (Å²) in [5.41, 5.74) is 8.14. The Bertz CT molecular complexity index is 798. The van der Waals surface area contributed by atoms with E-state index in [1.165, 1.54) is 22.3 Å². The van der Waals surface area contributed by atoms with Crippen molar-refractivity contribution in [1.82, 2.24) is 0 Å². The molecule has 5 heteroatoms. The Morgan fingerprint density at radius 3 is 1.88 bits per heavy atom. The van der Waals surface area contributed by atoms with E-state index in [-0.39, 0.29) is 5.75 Å². The van der Waals surface area contributed by atoms with E-state index in [4.69, 9.17) is 4.55 Å². The first-order chi connectivity index (χ1) is 11.2. The number of aryl methyl sites for hydroxylation is 4. The number of anilines is 1. The molecule has 0 heterocycles. The van der Waals surface area contributed by atoms with Crippen molar-refractivity contribution < 1.29 is 13.0 Å². The third-order valence-corrected chi connectivity index (χ3v) is 4.77. The molecule has 4 nitrogen and oxygen atoms in total. The maximum absolute atomic E-state index is 10.8. The van der Waals surface area contributed by atoms with Gasteiger partial charge in [-0.1, -0.05) is 29.3 Å². The number of nitrogens with one attached hydrogen (secondary N) is 1. The standard InChI is InChI=1S/C19H25NO3S/c1-13-8-14(2)10-17(9-13)18-11-15(3)19(16(4)12-18)20-6-5-7-24(21,22)23/h8-12,20H,5-7H2,1-4H3,(H,21,22,23). The number of hydrogen-bond acceptors (Lipinski definition) is 3. The third-order valence-electron chi connectivity index (χ3n) is 3.97. The Hall–Kier alpha value is -1.85. The van der Waals surface area contributed by atoms with Gasteiger partial charge in [-0.2, -0.15) is 8.42 Å². The molecule has 0 fully saturated rings. The summed E-state index contributed by atoms with van der Waals surface area (Å²) in [5.74, 6) is -0.223. The van der Waals surface area contributed by atoms with Crippen LogP contribution >= 0.6 is 0 Å². The molecular formula is C19H25NO3S. The smallest absolute Gasteiger partial charge is 0.264 e. The maximum Gasteiger partial charge on any atom is 0.264 e. The van der Waals surface area contributed by atoms with E-state index >= 15 is 0 Å². The minimum absolute atomic E-state index is 0.223. The molecule has 0 radical (unpaired) electrons. The molecule has 0 spiro atoms. The fraction of sp³-hybridized carbons (Fsp3) is 0.368. The number of benzene rings is 2. The van der Waals surface area contributed by atoms with Gasteiger partial charge in [0, 0.05) is 12.2 Å². The minimum Gasteiger partial charge on any atom is -0.385 e. The summed E-state index contributed by atoms with van der Waals surface area (Å²) in [5, 5.41) is 3.28. The molecule has 2 rings (SSSR count). The predicted molar refractivity (Wildman–Crippen MR) is 100 cm³/mol. The van der Waals surface area contributed by atoms with Crippen LogP contribution in [0.5, 0.6) is 0 Å². The first kappa shape index (κ1) is 18.5. The van der Waals surface area contributed by atoms with Gasteiger partial charge in [0.25, 0.3) is 10.1 Å². The zero-order valence-electron chi connectivity index (χ0n) is 14.7. The largest absolute Gasteiger partial charge is 0.385 e. The van der Waals surface area contributed by atoms with Crippen LogP contribution in [-0.4, -0.2) is 25.3 Å². The summed E-state index contributed by atoms with van der Waals surface area (Å²) in [6.45, 7) is 8.79. The van der Waals surface area contributed by atoms with Crippen molar-refractivity contribution in [3.8, 4) is 11.1 Å². The second kappa shape index (κ2) is 7.36. The lowest BCUT2D eigenvalue weighted by molar-refractivity contribution is 0.481. The van der Waals surface area contributed by atoms with Crippen LogP contribution in [-0.2, 0) is 10.1 Å². The van der Waals surface area contributed by atoms with Crippen LogP contribution in [0.15, 0.2) is 30.3 Å². The van der Waals surface area contributed by atoms with Gasteiger partial charge in [0.1, 0.15) is 0 Å². The van der Waals surface area contributed by atoms with Gasteiger partial charge in [0.05, 0.1) is 5.75 Å². The summed E-state index contributed by atoms with van der Waals surface area (Å²) in [4.78, 5) is 0. The van der Waals surface area contributed by atoms with E-state index in [9.17, 15) is 8.42 Å². The Morgan fingerprint density at radius 2 is 1.38 bits per heavy atom. The lowest BCUT2D eigenvalue weighted by atomic mass is 9.96. The summed E-state index contributed by atoms with van der Waals surface area (Å²) in [6, 6.07) is 10.8. The molecule has 0 amide bonds. The molecule has 0 atom stereocenters. The van der Waals surface area contributed by atoms with Gasteiger partial charge in [-0.15, -0.1) is 0 Å². The van der Waals surface area contributed by atoms with Crippen LogP contribution in [0, 0.1) is 27.7 Å². The lowest BCUT2D eigenvalue weighted by Crippen LogP contribution is -2.11. The maximum atomic E-state index is 10.8. The van der Waals surface area contributed by atoms with Gasteiger partial charge in [0.2, 0.25) is 0 Å². The molecule has 0 saturated heterocycles. The molecule has 0 unspecified atom stereocenters. The van der Waals surface area contributed by atoms with Crippen molar-refractivity contribution in [2.45, 2.75) is 34.1 Å². The molecule has 2 N–H and O–H groups in total. The highest BCUT2D eigenvalue weighted by atomic mass is 32.2. The van der Waals surface area contributed by atoms with Crippen molar-refractivity contribution in [3.63, 3.8) is 0 Å². The summed E-state index contributed by atoms with van der Waals surface area (Å²) in [6.07, 6.45) is 0.372. The topological polar surface area (TPSA) is 66.4 Å². The van der Waals surface area contributed by atoms with Crippen molar-refractivity contribution in [1.29, 1.82) is 0 Å². The van der Waals surface area contributed by atoms with Crippen molar-refractivity contribution >= 4 is 15.8 Å². The molecule has 24 heavy (non-hydrogen) atoms. The van der Waals surface area contributed by atoms with Gasteiger partial charge in [-0.25, -0.2) is 0 Å². The van der Waals surface area contributed by atoms with E-state index < -0.39 is 10.1 Å². The Morgan fingerprint density at radius 1 is 0.875 bits per heavy atom. The van der Waals surface area contributed by atoms with Crippen LogP contribution < -0.4 is 5.32 Å². The highest BCUT2D eigenvalue weighted by Crippen LogP contribution is 2.29. The molecule has 0 aromatic heterocycles. The molecule has 0 aliphatic heterocycles. The SMILES string of the molecule is Cc1cc(C)cc(-c2cc(C)c(NCCCS(=O)(=O)O)c(C)c2)c1. The Kier molecular flexibility index (Phi) is 5.67. The van der Waals surface area contributed by atoms with Gasteiger partial charge in [0.15, 0.2) is 0 Å². The molecule has 0 saturated carbocycles. The monoisotopic (exact) mass is 347 g/mol. The van der Waals surface area contributed by atoms with Crippen LogP contribution in [0.2, 0.25) is 0 Å². The highest BCUT2D eigenvalue weighted by Gasteiger charge is 2.08. The van der Waals surface area contributed by atoms with E-state index in [1.54, 1.807) is 0 Å². The van der Waals surface area contributed by atoms with Crippen LogP contribution in [0.3, 0.4) is 0 Å². The number of rotatable bonds is 6. The highest BCUT2D eigenvalue weighted by molar-refractivity contribution is 7.85. The van der Waals surface area contributed by atoms with Gasteiger partial charge in [-0.05, 0) is 68.5 Å². The van der Waals surface area contributed by atoms with Gasteiger partial charge >= 0.3 is 0 Å². The molecule has 2 aromatic carbocycles. The minimum atomic E-state index is -3.89. The Labute approximate surface area is 144 Å². The van der Waals surface area contributed by atoms with Crippen molar-refractivity contribution in [3.05, 3.63) is 52.6 Å². The van der Waals surface area contributed by atoms with E-state index in [1.807, 2.05) is 13.8 Å². The Balaban J connectivity index is 2.19. The zero-order valence-corrected chi connectivity index (χ0v) is 15.5. The van der Waals surface area contributed by atoms with Crippen molar-refractivity contribution in [2.24, 2.45) is 0 Å². The third kappa shape index (κ3) is 5.08. The quantitative estimate of drug-likeness (QED) is 0.605. The van der Waals surface area contributed by atoms with Crippen LogP contribution in [0.1, 0.15) is 28.7 Å². The summed E-state index contributed by atoms with van der Waals surface area (Å²) in [7, 11) is -3.89. The van der Waals surface area contributed by atoms with E-state index in [0.717, 1.165) is 16.8 Å². The fourth-order valence-electron chi connectivity index (χ4n) is 3.02. The van der Waals surface area contributed by atoms with Crippen molar-refractivity contribution in [2.75, 3.05) is 17.6 Å². The molecule has 130 valence electrons.